The standard InChI is InChI=1S/C20H26N6O/c1-20(2,3)16-10-17(27)26(13-24-16)11-14-5-8-25(9-6-14)19-15-4-7-21-18(15)22-12-23-19/h4,7,10,12-14H,5-6,8-9,11H2,1-3H3,(H,21,22,23). The molecule has 0 atom stereocenters. The lowest BCUT2D eigenvalue weighted by atomic mass is 9.92. The largest absolute Gasteiger partial charge is 0.356 e. The van der Waals surface area contributed by atoms with Crippen LogP contribution in [0.5, 0.6) is 0 Å². The van der Waals surface area contributed by atoms with E-state index in [2.05, 4.69) is 45.6 Å². The minimum atomic E-state index is -0.106. The molecule has 3 aromatic rings. The molecule has 0 unspecified atom stereocenters. The lowest BCUT2D eigenvalue weighted by Gasteiger charge is -2.33. The van der Waals surface area contributed by atoms with Gasteiger partial charge in [-0.3, -0.25) is 9.36 Å². The summed E-state index contributed by atoms with van der Waals surface area (Å²) in [5.41, 5.74) is 1.66. The zero-order valence-corrected chi connectivity index (χ0v) is 16.1. The van der Waals surface area contributed by atoms with E-state index >= 15 is 0 Å². The van der Waals surface area contributed by atoms with Crippen LogP contribution in [0.3, 0.4) is 0 Å². The number of nitrogens with zero attached hydrogens (tertiary/aromatic N) is 5. The zero-order valence-electron chi connectivity index (χ0n) is 16.1. The van der Waals surface area contributed by atoms with Crippen molar-refractivity contribution in [2.75, 3.05) is 18.0 Å². The Bertz CT molecular complexity index is 991. The summed E-state index contributed by atoms with van der Waals surface area (Å²) < 4.78 is 1.75. The first kappa shape index (κ1) is 17.7. The molecule has 1 aliphatic rings. The van der Waals surface area contributed by atoms with E-state index in [0.717, 1.165) is 55.0 Å². The highest BCUT2D eigenvalue weighted by Crippen LogP contribution is 2.27. The van der Waals surface area contributed by atoms with Crippen molar-refractivity contribution in [3.8, 4) is 0 Å². The van der Waals surface area contributed by atoms with Crippen LogP contribution < -0.4 is 10.5 Å². The normalized spacial score (nSPS) is 16.2. The fourth-order valence-electron chi connectivity index (χ4n) is 3.69. The first-order valence-electron chi connectivity index (χ1n) is 9.52. The molecular formula is C20H26N6O. The molecule has 7 nitrogen and oxygen atoms in total. The fourth-order valence-corrected chi connectivity index (χ4v) is 3.69. The highest BCUT2D eigenvalue weighted by atomic mass is 16.1. The lowest BCUT2D eigenvalue weighted by Crippen LogP contribution is -2.37. The number of fused-ring (bicyclic) bond motifs is 1. The maximum atomic E-state index is 12.5. The van der Waals surface area contributed by atoms with Gasteiger partial charge < -0.3 is 9.88 Å². The summed E-state index contributed by atoms with van der Waals surface area (Å²) in [5, 5.41) is 1.06. The van der Waals surface area contributed by atoms with Crippen LogP contribution in [0.4, 0.5) is 5.82 Å². The number of hydrogen-bond donors (Lipinski definition) is 1. The molecule has 27 heavy (non-hydrogen) atoms. The average molecular weight is 366 g/mol. The Morgan fingerprint density at radius 1 is 1.19 bits per heavy atom. The predicted octanol–water partition coefficient (Wildman–Crippen LogP) is 2.73. The number of piperidine rings is 1. The maximum absolute atomic E-state index is 12.5. The van der Waals surface area contributed by atoms with Gasteiger partial charge in [0.25, 0.3) is 5.56 Å². The van der Waals surface area contributed by atoms with Gasteiger partial charge >= 0.3 is 0 Å². The van der Waals surface area contributed by atoms with E-state index < -0.39 is 0 Å². The van der Waals surface area contributed by atoms with Gasteiger partial charge in [-0.25, -0.2) is 15.0 Å². The molecular weight excluding hydrogens is 340 g/mol. The number of aromatic nitrogens is 5. The van der Waals surface area contributed by atoms with Gasteiger partial charge in [-0.2, -0.15) is 0 Å². The van der Waals surface area contributed by atoms with Crippen LogP contribution in [-0.4, -0.2) is 37.6 Å². The lowest BCUT2D eigenvalue weighted by molar-refractivity contribution is 0.349. The molecule has 0 aliphatic carbocycles. The third-order valence-corrected chi connectivity index (χ3v) is 5.35. The predicted molar refractivity (Wildman–Crippen MR) is 106 cm³/mol. The van der Waals surface area contributed by atoms with E-state index in [1.165, 1.54) is 0 Å². The summed E-state index contributed by atoms with van der Waals surface area (Å²) >= 11 is 0. The van der Waals surface area contributed by atoms with Gasteiger partial charge in [0.05, 0.1) is 17.4 Å². The molecule has 3 aromatic heterocycles. The van der Waals surface area contributed by atoms with Gasteiger partial charge in [-0.05, 0) is 24.8 Å². The van der Waals surface area contributed by atoms with Crippen molar-refractivity contribution in [3.05, 3.63) is 47.0 Å². The van der Waals surface area contributed by atoms with Gasteiger partial charge in [0.1, 0.15) is 17.8 Å². The number of nitrogens with one attached hydrogen (secondary N) is 1. The van der Waals surface area contributed by atoms with E-state index in [1.54, 1.807) is 23.3 Å². The smallest absolute Gasteiger partial charge is 0.253 e. The summed E-state index contributed by atoms with van der Waals surface area (Å²) in [6, 6.07) is 3.71. The van der Waals surface area contributed by atoms with Crippen LogP contribution in [0.15, 0.2) is 35.8 Å². The minimum absolute atomic E-state index is 0.0437. The van der Waals surface area contributed by atoms with Gasteiger partial charge in [0, 0.05) is 37.3 Å². The molecule has 1 saturated heterocycles. The highest BCUT2D eigenvalue weighted by molar-refractivity contribution is 5.87. The zero-order chi connectivity index (χ0) is 19.0. The van der Waals surface area contributed by atoms with E-state index in [1.807, 2.05) is 12.3 Å². The van der Waals surface area contributed by atoms with Crippen LogP contribution in [0.25, 0.3) is 11.0 Å². The summed E-state index contributed by atoms with van der Waals surface area (Å²) in [7, 11) is 0. The molecule has 4 rings (SSSR count). The van der Waals surface area contributed by atoms with Crippen LogP contribution in [0.2, 0.25) is 0 Å². The van der Waals surface area contributed by atoms with Crippen molar-refractivity contribution in [2.45, 2.75) is 45.6 Å². The van der Waals surface area contributed by atoms with Gasteiger partial charge in [-0.1, -0.05) is 20.8 Å². The van der Waals surface area contributed by atoms with E-state index in [0.29, 0.717) is 5.92 Å². The Hall–Kier alpha value is -2.70. The fraction of sp³-hybridized carbons (Fsp3) is 0.500. The number of aromatic amines is 1. The van der Waals surface area contributed by atoms with Crippen molar-refractivity contribution in [2.24, 2.45) is 5.92 Å². The molecule has 0 radical (unpaired) electrons. The summed E-state index contributed by atoms with van der Waals surface area (Å²) in [4.78, 5) is 31.2. The third kappa shape index (κ3) is 3.59. The Kier molecular flexibility index (Phi) is 4.45. The molecule has 4 heterocycles. The van der Waals surface area contributed by atoms with E-state index in [9.17, 15) is 4.79 Å². The average Bonchev–Trinajstić information content (AvgIpc) is 3.12. The molecule has 1 N–H and O–H groups in total. The Balaban J connectivity index is 1.43. The first-order chi connectivity index (χ1) is 12.9. The first-order valence-corrected chi connectivity index (χ1v) is 9.52. The molecule has 1 aliphatic heterocycles. The Morgan fingerprint density at radius 2 is 1.96 bits per heavy atom. The van der Waals surface area contributed by atoms with Crippen LogP contribution >= 0.6 is 0 Å². The van der Waals surface area contributed by atoms with Crippen molar-refractivity contribution < 1.29 is 0 Å². The second-order valence-corrected chi connectivity index (χ2v) is 8.38. The number of hydrogen-bond acceptors (Lipinski definition) is 5. The molecule has 0 spiro atoms. The monoisotopic (exact) mass is 366 g/mol. The van der Waals surface area contributed by atoms with Crippen molar-refractivity contribution in [1.82, 2.24) is 24.5 Å². The van der Waals surface area contributed by atoms with Crippen LogP contribution in [-0.2, 0) is 12.0 Å². The van der Waals surface area contributed by atoms with Gasteiger partial charge in [0.2, 0.25) is 0 Å². The summed E-state index contributed by atoms with van der Waals surface area (Å²) in [5.74, 6) is 1.47. The van der Waals surface area contributed by atoms with Crippen molar-refractivity contribution in [3.63, 3.8) is 0 Å². The third-order valence-electron chi connectivity index (χ3n) is 5.35. The molecule has 0 aromatic carbocycles. The van der Waals surface area contributed by atoms with Gasteiger partial charge in [0.15, 0.2) is 0 Å². The topological polar surface area (TPSA) is 79.7 Å². The van der Waals surface area contributed by atoms with E-state index in [4.69, 9.17) is 0 Å². The number of H-pyrrole nitrogens is 1. The van der Waals surface area contributed by atoms with Crippen LogP contribution in [0, 0.1) is 5.92 Å². The molecule has 0 saturated carbocycles. The number of anilines is 1. The maximum Gasteiger partial charge on any atom is 0.253 e. The molecule has 7 heteroatoms. The second-order valence-electron chi connectivity index (χ2n) is 8.38. The Morgan fingerprint density at radius 3 is 2.67 bits per heavy atom. The molecule has 0 bridgehead atoms. The summed E-state index contributed by atoms with van der Waals surface area (Å²) in [6.07, 6.45) is 7.29. The minimum Gasteiger partial charge on any atom is -0.356 e. The summed E-state index contributed by atoms with van der Waals surface area (Å²) in [6.45, 7) is 8.82. The molecule has 142 valence electrons. The van der Waals surface area contributed by atoms with Crippen molar-refractivity contribution in [1.29, 1.82) is 0 Å². The molecule has 1 fully saturated rings. The van der Waals surface area contributed by atoms with Gasteiger partial charge in [-0.15, -0.1) is 0 Å². The van der Waals surface area contributed by atoms with E-state index in [-0.39, 0.29) is 11.0 Å². The number of rotatable bonds is 3. The Labute approximate surface area is 158 Å². The molecule has 0 amide bonds. The quantitative estimate of drug-likeness (QED) is 0.771. The second kappa shape index (κ2) is 6.79. The van der Waals surface area contributed by atoms with Crippen LogP contribution in [0.1, 0.15) is 39.3 Å². The van der Waals surface area contributed by atoms with Crippen molar-refractivity contribution >= 4 is 16.9 Å². The SMILES string of the molecule is CC(C)(C)c1cc(=O)n(CC2CCN(c3ncnc4[nH]ccc34)CC2)cn1. The highest BCUT2D eigenvalue weighted by Gasteiger charge is 2.23.